The maximum absolute atomic E-state index is 12.9. The van der Waals surface area contributed by atoms with Crippen molar-refractivity contribution in [1.29, 1.82) is 0 Å². The minimum Gasteiger partial charge on any atom is -0.504 e. The van der Waals surface area contributed by atoms with E-state index in [1.165, 1.54) is 57.1 Å². The third-order valence-corrected chi connectivity index (χ3v) is 8.54. The standard InChI is InChI=1S/C28H49O7P/c1-5-7-8-9-10-11-12-13-14-15-18-35-27(31)28(3,4)21-23(19-24(6-2)36(32,33)34)22-16-17-25(29)26(30)20-22/h16-17,20,23-24,29-30H,5-15,18-19,21H2,1-4H3,(H2,32,33,34). The van der Waals surface area contributed by atoms with E-state index >= 15 is 0 Å². The molecule has 0 spiro atoms. The van der Waals surface area contributed by atoms with Gasteiger partial charge in [-0.15, -0.1) is 0 Å². The zero-order chi connectivity index (χ0) is 27.2. The summed E-state index contributed by atoms with van der Waals surface area (Å²) < 4.78 is 17.6. The van der Waals surface area contributed by atoms with Crippen molar-refractivity contribution in [3.63, 3.8) is 0 Å². The van der Waals surface area contributed by atoms with Gasteiger partial charge >= 0.3 is 13.6 Å². The van der Waals surface area contributed by atoms with Gasteiger partial charge in [-0.2, -0.15) is 0 Å². The zero-order valence-electron chi connectivity index (χ0n) is 22.7. The van der Waals surface area contributed by atoms with Gasteiger partial charge < -0.3 is 24.7 Å². The van der Waals surface area contributed by atoms with Crippen LogP contribution in [0.5, 0.6) is 11.5 Å². The molecule has 0 aliphatic heterocycles. The molecule has 0 heterocycles. The van der Waals surface area contributed by atoms with Gasteiger partial charge in [-0.05, 0) is 63.1 Å². The van der Waals surface area contributed by atoms with E-state index in [-0.39, 0.29) is 30.3 Å². The highest BCUT2D eigenvalue weighted by molar-refractivity contribution is 7.52. The SMILES string of the molecule is CCCCCCCCCCCCOC(=O)C(C)(C)CC(CC(CC)P(=O)(O)O)c1ccc(O)c(O)c1. The van der Waals surface area contributed by atoms with Gasteiger partial charge in [0.25, 0.3) is 0 Å². The zero-order valence-corrected chi connectivity index (χ0v) is 23.6. The van der Waals surface area contributed by atoms with Gasteiger partial charge in [0, 0.05) is 0 Å². The molecule has 1 rings (SSSR count). The smallest absolute Gasteiger partial charge is 0.328 e. The van der Waals surface area contributed by atoms with Gasteiger partial charge in [0.1, 0.15) is 0 Å². The number of hydrogen-bond acceptors (Lipinski definition) is 5. The van der Waals surface area contributed by atoms with Gasteiger partial charge in [-0.1, -0.05) is 77.7 Å². The van der Waals surface area contributed by atoms with Crippen LogP contribution in [0.15, 0.2) is 18.2 Å². The van der Waals surface area contributed by atoms with Gasteiger partial charge in [0.2, 0.25) is 0 Å². The number of benzene rings is 1. The predicted octanol–water partition coefficient (Wildman–Crippen LogP) is 7.41. The number of aromatic hydroxyl groups is 2. The summed E-state index contributed by atoms with van der Waals surface area (Å²) in [4.78, 5) is 32.5. The third-order valence-electron chi connectivity index (χ3n) is 7.01. The van der Waals surface area contributed by atoms with Crippen LogP contribution in [-0.2, 0) is 14.1 Å². The number of esters is 1. The predicted molar refractivity (Wildman–Crippen MR) is 144 cm³/mol. The number of ether oxygens (including phenoxy) is 1. The van der Waals surface area contributed by atoms with Gasteiger partial charge in [-0.25, -0.2) is 0 Å². The maximum Gasteiger partial charge on any atom is 0.328 e. The molecule has 2 atom stereocenters. The Morgan fingerprint density at radius 2 is 1.47 bits per heavy atom. The Morgan fingerprint density at radius 3 is 1.97 bits per heavy atom. The topological polar surface area (TPSA) is 124 Å². The van der Waals surface area contributed by atoms with Crippen LogP contribution < -0.4 is 0 Å². The van der Waals surface area contributed by atoms with Crippen LogP contribution in [0, 0.1) is 5.41 Å². The number of unbranched alkanes of at least 4 members (excludes halogenated alkanes) is 9. The molecule has 0 fully saturated rings. The van der Waals surface area contributed by atoms with Crippen molar-refractivity contribution in [2.24, 2.45) is 5.41 Å². The second kappa shape index (κ2) is 16.3. The Bertz CT molecular complexity index is 818. The van der Waals surface area contributed by atoms with Crippen LogP contribution in [0.1, 0.15) is 123 Å². The number of phenols is 2. The van der Waals surface area contributed by atoms with Crippen molar-refractivity contribution < 1.29 is 34.1 Å². The lowest BCUT2D eigenvalue weighted by atomic mass is 9.77. The molecule has 8 heteroatoms. The molecule has 1 aromatic rings. The van der Waals surface area contributed by atoms with E-state index in [9.17, 15) is 29.4 Å². The van der Waals surface area contributed by atoms with Crippen molar-refractivity contribution in [3.05, 3.63) is 23.8 Å². The number of carbonyl (C=O) groups excluding carboxylic acids is 1. The highest BCUT2D eigenvalue weighted by Gasteiger charge is 2.37. The molecule has 0 radical (unpaired) electrons. The molecule has 36 heavy (non-hydrogen) atoms. The van der Waals surface area contributed by atoms with Crippen molar-refractivity contribution in [2.45, 2.75) is 123 Å². The quantitative estimate of drug-likeness (QED) is 0.0638. The molecule has 0 saturated carbocycles. The summed E-state index contributed by atoms with van der Waals surface area (Å²) in [6.07, 6.45) is 12.7. The van der Waals surface area contributed by atoms with Crippen LogP contribution in [0.3, 0.4) is 0 Å². The lowest BCUT2D eigenvalue weighted by molar-refractivity contribution is -0.154. The van der Waals surface area contributed by atoms with Crippen molar-refractivity contribution in [3.8, 4) is 11.5 Å². The van der Waals surface area contributed by atoms with Crippen LogP contribution in [0.25, 0.3) is 0 Å². The number of hydrogen-bond donors (Lipinski definition) is 4. The summed E-state index contributed by atoms with van der Waals surface area (Å²) in [6.45, 7) is 7.87. The molecule has 0 aromatic heterocycles. The molecule has 0 aliphatic rings. The summed E-state index contributed by atoms with van der Waals surface area (Å²) >= 11 is 0. The Kier molecular flexibility index (Phi) is 14.7. The van der Waals surface area contributed by atoms with E-state index in [1.807, 2.05) is 0 Å². The first-order chi connectivity index (χ1) is 16.9. The Balaban J connectivity index is 2.63. The van der Waals surface area contributed by atoms with E-state index in [4.69, 9.17) is 4.74 Å². The summed E-state index contributed by atoms with van der Waals surface area (Å²) in [5.74, 6) is -1.32. The first-order valence-corrected chi connectivity index (χ1v) is 15.3. The van der Waals surface area contributed by atoms with Crippen LogP contribution >= 0.6 is 7.60 Å². The average molecular weight is 529 g/mol. The lowest BCUT2D eigenvalue weighted by Crippen LogP contribution is -2.30. The fourth-order valence-corrected chi connectivity index (χ4v) is 5.66. The summed E-state index contributed by atoms with van der Waals surface area (Å²) in [5, 5.41) is 19.7. The summed E-state index contributed by atoms with van der Waals surface area (Å²) in [5.41, 5.74) is -1.13. The molecule has 4 N–H and O–H groups in total. The van der Waals surface area contributed by atoms with E-state index in [0.717, 1.165) is 19.3 Å². The molecule has 0 aliphatic carbocycles. The Morgan fingerprint density at radius 1 is 0.917 bits per heavy atom. The molecule has 0 saturated heterocycles. The molecule has 7 nitrogen and oxygen atoms in total. The minimum atomic E-state index is -4.33. The first-order valence-electron chi connectivity index (χ1n) is 13.7. The second-order valence-electron chi connectivity index (χ2n) is 10.7. The fraction of sp³-hybridized carbons (Fsp3) is 0.750. The van der Waals surface area contributed by atoms with Crippen molar-refractivity contribution in [1.82, 2.24) is 0 Å². The van der Waals surface area contributed by atoms with Gasteiger partial charge in [-0.3, -0.25) is 9.36 Å². The van der Waals surface area contributed by atoms with E-state index in [2.05, 4.69) is 6.92 Å². The molecule has 0 bridgehead atoms. The molecular formula is C28H49O7P. The van der Waals surface area contributed by atoms with Gasteiger partial charge in [0.15, 0.2) is 11.5 Å². The Labute approximate surface area is 217 Å². The number of carbonyl (C=O) groups is 1. The number of phenolic OH excluding ortho intramolecular Hbond substituents is 2. The van der Waals surface area contributed by atoms with Crippen LogP contribution in [0.2, 0.25) is 0 Å². The van der Waals surface area contributed by atoms with E-state index in [1.54, 1.807) is 26.8 Å². The third kappa shape index (κ3) is 12.1. The van der Waals surface area contributed by atoms with E-state index < -0.39 is 24.6 Å². The lowest BCUT2D eigenvalue weighted by Gasteiger charge is -2.31. The fourth-order valence-electron chi connectivity index (χ4n) is 4.65. The summed E-state index contributed by atoms with van der Waals surface area (Å²) in [6, 6.07) is 4.38. The van der Waals surface area contributed by atoms with Crippen molar-refractivity contribution in [2.75, 3.05) is 6.61 Å². The Hall–Kier alpha value is -1.56. The first kappa shape index (κ1) is 32.5. The largest absolute Gasteiger partial charge is 0.504 e. The van der Waals surface area contributed by atoms with Crippen LogP contribution in [0.4, 0.5) is 0 Å². The highest BCUT2D eigenvalue weighted by Crippen LogP contribution is 2.49. The highest BCUT2D eigenvalue weighted by atomic mass is 31.2. The van der Waals surface area contributed by atoms with Crippen LogP contribution in [-0.4, -0.2) is 38.2 Å². The van der Waals surface area contributed by atoms with Crippen molar-refractivity contribution >= 4 is 13.6 Å². The van der Waals surface area contributed by atoms with Gasteiger partial charge in [0.05, 0.1) is 17.7 Å². The average Bonchev–Trinajstić information content (AvgIpc) is 2.80. The molecule has 208 valence electrons. The molecule has 2 unspecified atom stereocenters. The monoisotopic (exact) mass is 528 g/mol. The summed E-state index contributed by atoms with van der Waals surface area (Å²) in [7, 11) is -4.33. The molecule has 0 amide bonds. The second-order valence-corrected chi connectivity index (χ2v) is 12.6. The molecule has 1 aromatic carbocycles. The number of rotatable bonds is 19. The normalized spacial score (nSPS) is 13.9. The molecular weight excluding hydrogens is 479 g/mol. The van der Waals surface area contributed by atoms with E-state index in [0.29, 0.717) is 18.6 Å². The maximum atomic E-state index is 12.9. The minimum absolute atomic E-state index is 0.153.